The first-order chi connectivity index (χ1) is 8.85. The summed E-state index contributed by atoms with van der Waals surface area (Å²) in [7, 11) is 0. The van der Waals surface area contributed by atoms with Gasteiger partial charge in [0.25, 0.3) is 11.6 Å². The molecule has 6 nitrogen and oxygen atoms in total. The van der Waals surface area contributed by atoms with E-state index in [0.717, 1.165) is 18.2 Å². The molecule has 0 aliphatic rings. The van der Waals surface area contributed by atoms with Crippen LogP contribution in [0.1, 0.15) is 24.2 Å². The zero-order chi connectivity index (χ0) is 14.6. The van der Waals surface area contributed by atoms with E-state index in [1.165, 1.54) is 0 Å². The average molecular weight is 270 g/mol. The Hall–Kier alpha value is -2.02. The molecular formula is C12H15FN2O4. The number of nitrogens with one attached hydrogen (secondary N) is 1. The van der Waals surface area contributed by atoms with Crippen LogP contribution in [0, 0.1) is 21.8 Å². The maximum absolute atomic E-state index is 13.2. The second-order valence-corrected chi connectivity index (χ2v) is 4.46. The fraction of sp³-hybridized carbons (Fsp3) is 0.417. The first-order valence-corrected chi connectivity index (χ1v) is 5.72. The van der Waals surface area contributed by atoms with Crippen molar-refractivity contribution >= 4 is 11.6 Å². The van der Waals surface area contributed by atoms with Crippen molar-refractivity contribution in [3.63, 3.8) is 0 Å². The lowest BCUT2D eigenvalue weighted by Crippen LogP contribution is -2.41. The number of aliphatic hydroxyl groups is 1. The SMILES string of the molecule is CC(C)C(CO)NC(=O)c1cc(F)cc([N+](=O)[O-])c1. The second kappa shape index (κ2) is 6.24. The van der Waals surface area contributed by atoms with Crippen LogP contribution in [-0.4, -0.2) is 28.6 Å². The predicted molar refractivity (Wildman–Crippen MR) is 66.2 cm³/mol. The number of nitrogens with zero attached hydrogens (tertiary/aromatic N) is 1. The van der Waals surface area contributed by atoms with E-state index in [9.17, 15) is 19.3 Å². The van der Waals surface area contributed by atoms with Gasteiger partial charge < -0.3 is 10.4 Å². The Morgan fingerprint density at radius 2 is 2.11 bits per heavy atom. The number of amides is 1. The number of halogens is 1. The Kier molecular flexibility index (Phi) is 4.94. The Balaban J connectivity index is 2.96. The van der Waals surface area contributed by atoms with Crippen LogP contribution in [0.5, 0.6) is 0 Å². The van der Waals surface area contributed by atoms with E-state index in [1.807, 2.05) is 0 Å². The molecule has 104 valence electrons. The standard InChI is InChI=1S/C12H15FN2O4/c1-7(2)11(6-16)14-12(17)8-3-9(13)5-10(4-8)15(18)19/h3-5,7,11,16H,6H2,1-2H3,(H,14,17). The quantitative estimate of drug-likeness (QED) is 0.626. The maximum atomic E-state index is 13.2. The molecular weight excluding hydrogens is 255 g/mol. The molecule has 0 saturated carbocycles. The third-order valence-electron chi connectivity index (χ3n) is 2.67. The number of hydrogen-bond acceptors (Lipinski definition) is 4. The largest absolute Gasteiger partial charge is 0.394 e. The molecule has 1 aromatic rings. The van der Waals surface area contributed by atoms with E-state index >= 15 is 0 Å². The van der Waals surface area contributed by atoms with Gasteiger partial charge in [0, 0.05) is 11.6 Å². The summed E-state index contributed by atoms with van der Waals surface area (Å²) in [5.74, 6) is -1.53. The monoisotopic (exact) mass is 270 g/mol. The van der Waals surface area contributed by atoms with E-state index in [0.29, 0.717) is 0 Å². The van der Waals surface area contributed by atoms with Gasteiger partial charge in [0.1, 0.15) is 5.82 Å². The van der Waals surface area contributed by atoms with Crippen LogP contribution in [0.25, 0.3) is 0 Å². The molecule has 0 spiro atoms. The number of nitro benzene ring substituents is 1. The summed E-state index contributed by atoms with van der Waals surface area (Å²) in [5, 5.41) is 22.2. The number of rotatable bonds is 5. The van der Waals surface area contributed by atoms with E-state index in [1.54, 1.807) is 13.8 Å². The summed E-state index contributed by atoms with van der Waals surface area (Å²) in [6.07, 6.45) is 0. The molecule has 0 fully saturated rings. The molecule has 0 heterocycles. The molecule has 1 amide bonds. The van der Waals surface area contributed by atoms with Crippen LogP contribution in [0.15, 0.2) is 18.2 Å². The highest BCUT2D eigenvalue weighted by Crippen LogP contribution is 2.16. The van der Waals surface area contributed by atoms with Crippen LogP contribution < -0.4 is 5.32 Å². The predicted octanol–water partition coefficient (Wildman–Crippen LogP) is 1.48. The molecule has 2 N–H and O–H groups in total. The van der Waals surface area contributed by atoms with Gasteiger partial charge in [0.2, 0.25) is 0 Å². The van der Waals surface area contributed by atoms with Gasteiger partial charge in [0.05, 0.1) is 23.6 Å². The molecule has 1 atom stereocenters. The van der Waals surface area contributed by atoms with Crippen molar-refractivity contribution in [3.05, 3.63) is 39.7 Å². The number of carbonyl (C=O) groups is 1. The van der Waals surface area contributed by atoms with Crippen molar-refractivity contribution < 1.29 is 19.2 Å². The van der Waals surface area contributed by atoms with E-state index in [2.05, 4.69) is 5.32 Å². The minimum Gasteiger partial charge on any atom is -0.394 e. The Morgan fingerprint density at radius 3 is 2.58 bits per heavy atom. The Morgan fingerprint density at radius 1 is 1.47 bits per heavy atom. The highest BCUT2D eigenvalue weighted by atomic mass is 19.1. The summed E-state index contributed by atoms with van der Waals surface area (Å²) < 4.78 is 13.2. The molecule has 0 radical (unpaired) electrons. The van der Waals surface area contributed by atoms with Gasteiger partial charge in [-0.2, -0.15) is 0 Å². The number of carbonyl (C=O) groups excluding carboxylic acids is 1. The molecule has 19 heavy (non-hydrogen) atoms. The lowest BCUT2D eigenvalue weighted by Gasteiger charge is -2.19. The zero-order valence-corrected chi connectivity index (χ0v) is 10.6. The molecule has 1 unspecified atom stereocenters. The summed E-state index contributed by atoms with van der Waals surface area (Å²) >= 11 is 0. The number of non-ortho nitro benzene ring substituents is 1. The van der Waals surface area contributed by atoms with Crippen LogP contribution in [0.3, 0.4) is 0 Å². The number of aliphatic hydroxyl groups excluding tert-OH is 1. The summed E-state index contributed by atoms with van der Waals surface area (Å²) in [6.45, 7) is 3.34. The van der Waals surface area contributed by atoms with E-state index in [-0.39, 0.29) is 18.1 Å². The first kappa shape index (κ1) is 15.0. The molecule has 0 aliphatic carbocycles. The molecule has 0 aliphatic heterocycles. The van der Waals surface area contributed by atoms with E-state index < -0.39 is 28.4 Å². The minimum atomic E-state index is -0.857. The van der Waals surface area contributed by atoms with Crippen molar-refractivity contribution in [3.8, 4) is 0 Å². The first-order valence-electron chi connectivity index (χ1n) is 5.72. The smallest absolute Gasteiger partial charge is 0.273 e. The van der Waals surface area contributed by atoms with Gasteiger partial charge in [-0.25, -0.2) is 4.39 Å². The summed E-state index contributed by atoms with van der Waals surface area (Å²) in [4.78, 5) is 21.6. The van der Waals surface area contributed by atoms with Crippen LogP contribution in [0.2, 0.25) is 0 Å². The van der Waals surface area contributed by atoms with E-state index in [4.69, 9.17) is 5.11 Å². The highest BCUT2D eigenvalue weighted by molar-refractivity contribution is 5.95. The van der Waals surface area contributed by atoms with Gasteiger partial charge in [0.15, 0.2) is 0 Å². The molecule has 0 saturated heterocycles. The van der Waals surface area contributed by atoms with Crippen molar-refractivity contribution in [2.24, 2.45) is 5.92 Å². The fourth-order valence-corrected chi connectivity index (χ4v) is 1.49. The van der Waals surface area contributed by atoms with Crippen molar-refractivity contribution in [1.29, 1.82) is 0 Å². The lowest BCUT2D eigenvalue weighted by atomic mass is 10.0. The molecule has 7 heteroatoms. The zero-order valence-electron chi connectivity index (χ0n) is 10.6. The fourth-order valence-electron chi connectivity index (χ4n) is 1.49. The van der Waals surface area contributed by atoms with Crippen molar-refractivity contribution in [1.82, 2.24) is 5.32 Å². The maximum Gasteiger partial charge on any atom is 0.273 e. The second-order valence-electron chi connectivity index (χ2n) is 4.46. The normalized spacial score (nSPS) is 12.3. The van der Waals surface area contributed by atoms with Crippen LogP contribution in [-0.2, 0) is 0 Å². The van der Waals surface area contributed by atoms with Gasteiger partial charge in [-0.05, 0) is 12.0 Å². The molecule has 1 aromatic carbocycles. The lowest BCUT2D eigenvalue weighted by molar-refractivity contribution is -0.385. The topological polar surface area (TPSA) is 92.5 Å². The number of nitro groups is 1. The van der Waals surface area contributed by atoms with Crippen molar-refractivity contribution in [2.75, 3.05) is 6.61 Å². The summed E-state index contributed by atoms with van der Waals surface area (Å²) in [6, 6.07) is 2.15. The van der Waals surface area contributed by atoms with Crippen LogP contribution in [0.4, 0.5) is 10.1 Å². The third-order valence-corrected chi connectivity index (χ3v) is 2.67. The third kappa shape index (κ3) is 3.99. The number of benzene rings is 1. The minimum absolute atomic E-state index is 0.0162. The van der Waals surface area contributed by atoms with Gasteiger partial charge >= 0.3 is 0 Å². The number of hydrogen-bond donors (Lipinski definition) is 2. The van der Waals surface area contributed by atoms with Gasteiger partial charge in [-0.3, -0.25) is 14.9 Å². The molecule has 0 aromatic heterocycles. The highest BCUT2D eigenvalue weighted by Gasteiger charge is 2.19. The van der Waals surface area contributed by atoms with Crippen molar-refractivity contribution in [2.45, 2.75) is 19.9 Å². The average Bonchev–Trinajstić information content (AvgIpc) is 2.34. The summed E-state index contributed by atoms with van der Waals surface area (Å²) in [5.41, 5.74) is -0.638. The van der Waals surface area contributed by atoms with Crippen LogP contribution >= 0.6 is 0 Å². The Labute approximate surface area is 109 Å². The van der Waals surface area contributed by atoms with Gasteiger partial charge in [-0.15, -0.1) is 0 Å². The molecule has 1 rings (SSSR count). The van der Waals surface area contributed by atoms with Gasteiger partial charge in [-0.1, -0.05) is 13.8 Å². The molecule has 0 bridgehead atoms. The Bertz CT molecular complexity index is 491.